The SMILES string of the molecule is C[C](C)SC(F)(F)F. The van der Waals surface area contributed by atoms with Crippen LogP contribution < -0.4 is 0 Å². The van der Waals surface area contributed by atoms with Gasteiger partial charge in [0.2, 0.25) is 0 Å². The summed E-state index contributed by atoms with van der Waals surface area (Å²) in [6.07, 6.45) is 0. The molecule has 0 aliphatic heterocycles. The van der Waals surface area contributed by atoms with Crippen molar-refractivity contribution in [3.05, 3.63) is 5.25 Å². The van der Waals surface area contributed by atoms with Crippen molar-refractivity contribution in [3.63, 3.8) is 0 Å². The monoisotopic (exact) mass is 143 g/mol. The van der Waals surface area contributed by atoms with E-state index in [1.54, 1.807) is 0 Å². The highest BCUT2D eigenvalue weighted by molar-refractivity contribution is 8.02. The number of halogens is 3. The van der Waals surface area contributed by atoms with Gasteiger partial charge in [-0.1, -0.05) is 0 Å². The Balaban J connectivity index is 3.39. The minimum Gasteiger partial charge on any atom is -0.160 e. The number of hydrogen-bond donors (Lipinski definition) is 0. The maximum Gasteiger partial charge on any atom is 0.442 e. The lowest BCUT2D eigenvalue weighted by molar-refractivity contribution is -0.0325. The zero-order valence-electron chi connectivity index (χ0n) is 4.54. The van der Waals surface area contributed by atoms with E-state index in [1.807, 2.05) is 0 Å². The molecule has 0 saturated carbocycles. The quantitative estimate of drug-likeness (QED) is 0.543. The van der Waals surface area contributed by atoms with Crippen LogP contribution in [-0.2, 0) is 0 Å². The van der Waals surface area contributed by atoms with Crippen molar-refractivity contribution >= 4 is 11.8 Å². The van der Waals surface area contributed by atoms with Crippen molar-refractivity contribution in [2.24, 2.45) is 0 Å². The molecule has 0 spiro atoms. The second-order valence-electron chi connectivity index (χ2n) is 1.46. The molecule has 0 aromatic heterocycles. The molecule has 8 heavy (non-hydrogen) atoms. The maximum atomic E-state index is 11.2. The molecule has 0 aliphatic rings. The van der Waals surface area contributed by atoms with E-state index in [9.17, 15) is 13.2 Å². The molecule has 0 aromatic carbocycles. The van der Waals surface area contributed by atoms with Gasteiger partial charge in [0.15, 0.2) is 0 Å². The molecule has 0 rings (SSSR count). The Kier molecular flexibility index (Phi) is 2.66. The molecular weight excluding hydrogens is 137 g/mol. The van der Waals surface area contributed by atoms with Gasteiger partial charge in [0.25, 0.3) is 0 Å². The summed E-state index contributed by atoms with van der Waals surface area (Å²) < 4.78 is 33.7. The fraction of sp³-hybridized carbons (Fsp3) is 0.750. The molecule has 0 N–H and O–H groups in total. The second kappa shape index (κ2) is 2.62. The van der Waals surface area contributed by atoms with E-state index in [4.69, 9.17) is 0 Å². The van der Waals surface area contributed by atoms with Crippen molar-refractivity contribution in [3.8, 4) is 0 Å². The lowest BCUT2D eigenvalue weighted by Gasteiger charge is -2.05. The number of hydrogen-bond acceptors (Lipinski definition) is 1. The van der Waals surface area contributed by atoms with Gasteiger partial charge < -0.3 is 0 Å². The summed E-state index contributed by atoms with van der Waals surface area (Å²) in [4.78, 5) is 0. The second-order valence-corrected chi connectivity index (χ2v) is 2.94. The van der Waals surface area contributed by atoms with Crippen LogP contribution in [0.3, 0.4) is 0 Å². The predicted molar refractivity (Wildman–Crippen MR) is 28.2 cm³/mol. The molecule has 4 heteroatoms. The van der Waals surface area contributed by atoms with Gasteiger partial charge in [-0.25, -0.2) is 0 Å². The number of thioether (sulfide) groups is 1. The van der Waals surface area contributed by atoms with E-state index in [2.05, 4.69) is 0 Å². The summed E-state index contributed by atoms with van der Waals surface area (Å²) in [5.74, 6) is 0. The van der Waals surface area contributed by atoms with Crippen LogP contribution >= 0.6 is 11.8 Å². The zero-order chi connectivity index (χ0) is 6.78. The highest BCUT2D eigenvalue weighted by atomic mass is 32.2. The van der Waals surface area contributed by atoms with Gasteiger partial charge in [0.05, 0.1) is 0 Å². The molecule has 0 unspecified atom stereocenters. The maximum absolute atomic E-state index is 11.2. The molecule has 1 radical (unpaired) electrons. The first kappa shape index (κ1) is 8.14. The van der Waals surface area contributed by atoms with Gasteiger partial charge in [-0.05, 0) is 25.6 Å². The first-order valence-corrected chi connectivity index (χ1v) is 2.79. The van der Waals surface area contributed by atoms with Crippen LogP contribution in [0.5, 0.6) is 0 Å². The van der Waals surface area contributed by atoms with Crippen LogP contribution in [0.2, 0.25) is 0 Å². The molecule has 0 bridgehead atoms. The Morgan fingerprint density at radius 1 is 1.25 bits per heavy atom. The minimum absolute atomic E-state index is 0.0718. The van der Waals surface area contributed by atoms with Crippen LogP contribution in [0.15, 0.2) is 0 Å². The average Bonchev–Trinajstić information content (AvgIpc) is 1.21. The Morgan fingerprint density at radius 2 is 1.62 bits per heavy atom. The molecule has 49 valence electrons. The van der Waals surface area contributed by atoms with E-state index in [0.29, 0.717) is 5.25 Å². The molecule has 0 amide bonds. The van der Waals surface area contributed by atoms with Crippen LogP contribution in [0, 0.1) is 5.25 Å². The summed E-state index contributed by atoms with van der Waals surface area (Å²) in [6.45, 7) is 2.86. The topological polar surface area (TPSA) is 0 Å². The Labute approximate surface area is 50.5 Å². The Hall–Kier alpha value is 0.140. The lowest BCUT2D eigenvalue weighted by Crippen LogP contribution is -2.00. The van der Waals surface area contributed by atoms with E-state index in [1.165, 1.54) is 13.8 Å². The summed E-state index contributed by atoms with van der Waals surface area (Å²) in [6, 6.07) is 0. The fourth-order valence-electron chi connectivity index (χ4n) is 0.231. The number of alkyl halides is 3. The van der Waals surface area contributed by atoms with Crippen molar-refractivity contribution < 1.29 is 13.2 Å². The van der Waals surface area contributed by atoms with E-state index in [-0.39, 0.29) is 11.8 Å². The van der Waals surface area contributed by atoms with Crippen molar-refractivity contribution in [1.29, 1.82) is 0 Å². The first-order chi connectivity index (χ1) is 3.42. The summed E-state index contributed by atoms with van der Waals surface area (Å²) in [7, 11) is 0. The molecule has 0 aromatic rings. The third kappa shape index (κ3) is 6.14. The predicted octanol–water partition coefficient (Wildman–Crippen LogP) is 2.81. The smallest absolute Gasteiger partial charge is 0.160 e. The normalized spacial score (nSPS) is 12.8. The van der Waals surface area contributed by atoms with Crippen LogP contribution in [0.4, 0.5) is 13.2 Å². The Bertz CT molecular complexity index is 66.2. The summed E-state index contributed by atoms with van der Waals surface area (Å²) in [5, 5.41) is 0.317. The molecule has 0 saturated heterocycles. The van der Waals surface area contributed by atoms with E-state index < -0.39 is 5.51 Å². The zero-order valence-corrected chi connectivity index (χ0v) is 5.36. The van der Waals surface area contributed by atoms with Gasteiger partial charge in [-0.3, -0.25) is 0 Å². The molecular formula is C4H6F3S. The highest BCUT2D eigenvalue weighted by Gasteiger charge is 2.29. The van der Waals surface area contributed by atoms with Gasteiger partial charge in [-0.15, -0.1) is 0 Å². The molecule has 0 fully saturated rings. The van der Waals surface area contributed by atoms with E-state index >= 15 is 0 Å². The van der Waals surface area contributed by atoms with Crippen molar-refractivity contribution in [2.45, 2.75) is 19.4 Å². The Morgan fingerprint density at radius 3 is 1.62 bits per heavy atom. The van der Waals surface area contributed by atoms with Crippen molar-refractivity contribution in [1.82, 2.24) is 0 Å². The van der Waals surface area contributed by atoms with Crippen LogP contribution in [-0.4, -0.2) is 5.51 Å². The first-order valence-electron chi connectivity index (χ1n) is 1.98. The van der Waals surface area contributed by atoms with Crippen molar-refractivity contribution in [2.75, 3.05) is 0 Å². The molecule has 0 heterocycles. The summed E-state index contributed by atoms with van der Waals surface area (Å²) >= 11 is -0.0718. The minimum atomic E-state index is -4.10. The van der Waals surface area contributed by atoms with Gasteiger partial charge in [0.1, 0.15) is 0 Å². The largest absolute Gasteiger partial charge is 0.442 e. The van der Waals surface area contributed by atoms with E-state index in [0.717, 1.165) is 0 Å². The summed E-state index contributed by atoms with van der Waals surface area (Å²) in [5.41, 5.74) is -4.10. The fourth-order valence-corrected chi connectivity index (χ4v) is 0.694. The van der Waals surface area contributed by atoms with Crippen LogP contribution in [0.1, 0.15) is 13.8 Å². The van der Waals surface area contributed by atoms with Gasteiger partial charge >= 0.3 is 5.51 Å². The molecule has 0 atom stereocenters. The van der Waals surface area contributed by atoms with Gasteiger partial charge in [-0.2, -0.15) is 13.2 Å². The molecule has 0 nitrogen and oxygen atoms in total. The average molecular weight is 143 g/mol. The van der Waals surface area contributed by atoms with Gasteiger partial charge in [0, 0.05) is 5.25 Å². The van der Waals surface area contributed by atoms with Crippen LogP contribution in [0.25, 0.3) is 0 Å². The number of rotatable bonds is 1. The lowest BCUT2D eigenvalue weighted by atomic mass is 10.6. The third-order valence-corrected chi connectivity index (χ3v) is 0.960. The third-order valence-electron chi connectivity index (χ3n) is 0.320. The highest BCUT2D eigenvalue weighted by Crippen LogP contribution is 2.36. The standard InChI is InChI=1S/C4H6F3S/c1-3(2)8-4(5,6)7/h1-2H3. The molecule has 0 aliphatic carbocycles.